The molecule has 0 fully saturated rings. The second-order valence-electron chi connectivity index (χ2n) is 8.07. The van der Waals surface area contributed by atoms with Crippen molar-refractivity contribution in [3.8, 4) is 23.0 Å². The minimum Gasteiger partial charge on any atom is -0.497 e. The lowest BCUT2D eigenvalue weighted by Gasteiger charge is -2.43. The average molecular weight is 495 g/mol. The highest BCUT2D eigenvalue weighted by atomic mass is 79.9. The summed E-state index contributed by atoms with van der Waals surface area (Å²) in [5, 5.41) is 0. The minimum absolute atomic E-state index is 0.146. The molecule has 0 amide bonds. The monoisotopic (exact) mass is 494 g/mol. The topological polar surface area (TPSA) is 54.0 Å². The summed E-state index contributed by atoms with van der Waals surface area (Å²) in [4.78, 5) is 13.7. The Hall–Kier alpha value is -2.99. The predicted octanol–water partition coefficient (Wildman–Crippen LogP) is 5.78. The van der Waals surface area contributed by atoms with Crippen molar-refractivity contribution in [2.45, 2.75) is 31.1 Å². The molecule has 0 aromatic heterocycles. The Labute approximate surface area is 195 Å². The van der Waals surface area contributed by atoms with E-state index in [1.165, 1.54) is 0 Å². The molecule has 0 unspecified atom stereocenters. The maximum atomic E-state index is 13.7. The van der Waals surface area contributed by atoms with Crippen molar-refractivity contribution in [1.82, 2.24) is 0 Å². The van der Waals surface area contributed by atoms with Crippen LogP contribution in [-0.4, -0.2) is 19.9 Å². The minimum atomic E-state index is -0.832. The Morgan fingerprint density at radius 2 is 1.69 bits per heavy atom. The Bertz CT molecular complexity index is 1160. The Morgan fingerprint density at radius 3 is 2.34 bits per heavy atom. The summed E-state index contributed by atoms with van der Waals surface area (Å²) in [6, 6.07) is 19.7. The molecular formula is C26H23BrO5. The highest BCUT2D eigenvalue weighted by Crippen LogP contribution is 2.53. The molecule has 0 spiro atoms. The first-order valence-electron chi connectivity index (χ1n) is 10.6. The van der Waals surface area contributed by atoms with Crippen LogP contribution in [0.15, 0.2) is 65.1 Å². The van der Waals surface area contributed by atoms with E-state index in [1.54, 1.807) is 13.2 Å². The lowest BCUT2D eigenvalue weighted by atomic mass is 9.62. The first-order valence-corrected chi connectivity index (χ1v) is 11.4. The van der Waals surface area contributed by atoms with Crippen LogP contribution in [0.4, 0.5) is 0 Å². The SMILES string of the molecule is CC[C@]1(c2ccc(Br)cc2)C(=O)Oc2cc3c(cc2[C@@H]1Cc1ccc(OC)cc1)OCO3. The fraction of sp³-hybridized carbons (Fsp3) is 0.269. The largest absolute Gasteiger partial charge is 0.497 e. The zero-order valence-corrected chi connectivity index (χ0v) is 19.5. The van der Waals surface area contributed by atoms with Crippen molar-refractivity contribution in [3.05, 3.63) is 81.8 Å². The van der Waals surface area contributed by atoms with Gasteiger partial charge in [-0.1, -0.05) is 47.1 Å². The molecule has 5 rings (SSSR count). The fourth-order valence-electron chi connectivity index (χ4n) is 4.84. The molecule has 6 heteroatoms. The number of ether oxygens (including phenoxy) is 4. The molecule has 0 N–H and O–H groups in total. The van der Waals surface area contributed by atoms with Gasteiger partial charge in [-0.25, -0.2) is 0 Å². The lowest BCUT2D eigenvalue weighted by molar-refractivity contribution is -0.144. The van der Waals surface area contributed by atoms with Gasteiger partial charge in [0, 0.05) is 22.0 Å². The van der Waals surface area contributed by atoms with Gasteiger partial charge in [0.15, 0.2) is 11.5 Å². The Balaban J connectivity index is 1.68. The molecule has 0 radical (unpaired) electrons. The van der Waals surface area contributed by atoms with Gasteiger partial charge in [0.05, 0.1) is 7.11 Å². The number of carbonyl (C=O) groups is 1. The van der Waals surface area contributed by atoms with Crippen LogP contribution >= 0.6 is 15.9 Å². The smallest absolute Gasteiger partial charge is 0.322 e. The number of carbonyl (C=O) groups excluding carboxylic acids is 1. The highest BCUT2D eigenvalue weighted by molar-refractivity contribution is 9.10. The van der Waals surface area contributed by atoms with Crippen molar-refractivity contribution in [2.24, 2.45) is 0 Å². The van der Waals surface area contributed by atoms with Gasteiger partial charge >= 0.3 is 5.97 Å². The molecule has 0 saturated heterocycles. The quantitative estimate of drug-likeness (QED) is 0.332. The van der Waals surface area contributed by atoms with Gasteiger partial charge in [0.1, 0.15) is 16.9 Å². The third-order valence-corrected chi connectivity index (χ3v) is 7.09. The number of halogens is 1. The normalized spacial score (nSPS) is 21.1. The Morgan fingerprint density at radius 1 is 1.00 bits per heavy atom. The van der Waals surface area contributed by atoms with Crippen LogP contribution in [0.1, 0.15) is 36.0 Å². The number of methoxy groups -OCH3 is 1. The standard InChI is InChI=1S/C26H23BrO5/c1-3-26(17-6-8-18(27)9-7-17)21(12-16-4-10-19(29-2)11-5-16)20-13-23-24(31-15-30-23)14-22(20)32-25(26)28/h4-11,13-14,21H,3,12,15H2,1-2H3/t21-,26+/m0/s1. The van der Waals surface area contributed by atoms with Crippen molar-refractivity contribution in [2.75, 3.05) is 13.9 Å². The van der Waals surface area contributed by atoms with Crippen LogP contribution in [0.25, 0.3) is 0 Å². The van der Waals surface area contributed by atoms with Crippen LogP contribution in [0.3, 0.4) is 0 Å². The third kappa shape index (κ3) is 3.34. The van der Waals surface area contributed by atoms with Crippen molar-refractivity contribution in [3.63, 3.8) is 0 Å². The van der Waals surface area contributed by atoms with E-state index >= 15 is 0 Å². The molecule has 3 aromatic carbocycles. The van der Waals surface area contributed by atoms with Crippen molar-refractivity contribution in [1.29, 1.82) is 0 Å². The van der Waals surface area contributed by atoms with Gasteiger partial charge in [0.25, 0.3) is 0 Å². The van der Waals surface area contributed by atoms with Gasteiger partial charge < -0.3 is 18.9 Å². The summed E-state index contributed by atoms with van der Waals surface area (Å²) < 4.78 is 23.4. The van der Waals surface area contributed by atoms with Gasteiger partial charge in [0.2, 0.25) is 6.79 Å². The van der Waals surface area contributed by atoms with Gasteiger partial charge in [-0.15, -0.1) is 0 Å². The second kappa shape index (κ2) is 8.17. The molecule has 0 bridgehead atoms. The zero-order valence-electron chi connectivity index (χ0n) is 17.9. The lowest BCUT2D eigenvalue weighted by Crippen LogP contribution is -2.48. The van der Waals surface area contributed by atoms with Gasteiger partial charge in [-0.2, -0.15) is 0 Å². The third-order valence-electron chi connectivity index (χ3n) is 6.56. The van der Waals surface area contributed by atoms with E-state index in [0.717, 1.165) is 26.9 Å². The fourth-order valence-corrected chi connectivity index (χ4v) is 5.11. The Kier molecular flexibility index (Phi) is 5.33. The van der Waals surface area contributed by atoms with Gasteiger partial charge in [-0.05, 0) is 54.3 Å². The van der Waals surface area contributed by atoms with E-state index in [-0.39, 0.29) is 18.7 Å². The maximum absolute atomic E-state index is 13.7. The first kappa shape index (κ1) is 20.9. The number of hydrogen-bond donors (Lipinski definition) is 0. The van der Waals surface area contributed by atoms with E-state index in [0.29, 0.717) is 30.1 Å². The number of esters is 1. The molecule has 2 aliphatic rings. The summed E-state index contributed by atoms with van der Waals surface area (Å²) in [7, 11) is 1.65. The van der Waals surface area contributed by atoms with Crippen LogP contribution in [0, 0.1) is 0 Å². The molecule has 0 aliphatic carbocycles. The summed E-state index contributed by atoms with van der Waals surface area (Å²) in [6.07, 6.45) is 1.26. The molecule has 32 heavy (non-hydrogen) atoms. The van der Waals surface area contributed by atoms with Crippen molar-refractivity contribution < 1.29 is 23.7 Å². The highest BCUT2D eigenvalue weighted by Gasteiger charge is 2.52. The van der Waals surface area contributed by atoms with Crippen LogP contribution in [0.5, 0.6) is 23.0 Å². The zero-order chi connectivity index (χ0) is 22.3. The van der Waals surface area contributed by atoms with Crippen LogP contribution < -0.4 is 18.9 Å². The second-order valence-corrected chi connectivity index (χ2v) is 8.99. The maximum Gasteiger partial charge on any atom is 0.322 e. The molecule has 5 nitrogen and oxygen atoms in total. The molecular weight excluding hydrogens is 472 g/mol. The summed E-state index contributed by atoms with van der Waals surface area (Å²) in [5.74, 6) is 2.24. The summed E-state index contributed by atoms with van der Waals surface area (Å²) in [5.41, 5.74) is 2.18. The molecule has 2 atom stereocenters. The van der Waals surface area contributed by atoms with E-state index in [1.807, 2.05) is 61.5 Å². The number of hydrogen-bond acceptors (Lipinski definition) is 5. The van der Waals surface area contributed by atoms with Gasteiger partial charge in [-0.3, -0.25) is 4.79 Å². The van der Waals surface area contributed by atoms with E-state index < -0.39 is 5.41 Å². The predicted molar refractivity (Wildman–Crippen MR) is 124 cm³/mol. The van der Waals surface area contributed by atoms with Crippen molar-refractivity contribution >= 4 is 21.9 Å². The first-order chi connectivity index (χ1) is 15.5. The number of fused-ring (bicyclic) bond motifs is 2. The van der Waals surface area contributed by atoms with E-state index in [9.17, 15) is 4.79 Å². The number of rotatable bonds is 5. The van der Waals surface area contributed by atoms with E-state index in [2.05, 4.69) is 15.9 Å². The molecule has 2 aliphatic heterocycles. The number of benzene rings is 3. The van der Waals surface area contributed by atoms with Crippen LogP contribution in [0.2, 0.25) is 0 Å². The average Bonchev–Trinajstić information content (AvgIpc) is 3.27. The molecule has 3 aromatic rings. The van der Waals surface area contributed by atoms with E-state index in [4.69, 9.17) is 18.9 Å². The summed E-state index contributed by atoms with van der Waals surface area (Å²) >= 11 is 3.51. The van der Waals surface area contributed by atoms with Crippen LogP contribution in [-0.2, 0) is 16.6 Å². The molecule has 2 heterocycles. The molecule has 164 valence electrons. The molecule has 0 saturated carbocycles. The summed E-state index contributed by atoms with van der Waals surface area (Å²) in [6.45, 7) is 2.21.